The third-order valence-electron chi connectivity index (χ3n) is 12.6. The Morgan fingerprint density at radius 2 is 0.964 bits per heavy atom. The quantitative estimate of drug-likeness (QED) is 0.159. The van der Waals surface area contributed by atoms with Crippen LogP contribution < -0.4 is 4.90 Å². The van der Waals surface area contributed by atoms with Crippen molar-refractivity contribution in [3.05, 3.63) is 216 Å². The number of hydrogen-bond acceptors (Lipinski definition) is 1. The third kappa shape index (κ3) is 4.62. The van der Waals surface area contributed by atoms with Crippen LogP contribution >= 0.6 is 0 Å². The normalized spacial score (nSPS) is 13.8. The summed E-state index contributed by atoms with van der Waals surface area (Å²) in [6.45, 7) is 4.65. The number of para-hydroxylation sites is 2. The van der Waals surface area contributed by atoms with Crippen LogP contribution in [0.1, 0.15) is 60.4 Å². The van der Waals surface area contributed by atoms with Crippen molar-refractivity contribution < 1.29 is 0 Å². The molecule has 0 radical (unpaired) electrons. The van der Waals surface area contributed by atoms with E-state index in [1.165, 1.54) is 90.4 Å². The first-order chi connectivity index (χ1) is 27.7. The van der Waals surface area contributed by atoms with E-state index in [1.807, 2.05) is 0 Å². The molecule has 2 heteroatoms. The molecule has 0 N–H and O–H groups in total. The standard InChI is InChI=1S/C54H42N2/c1-3-16-36(2)37-27-31-52-46(33-37)47-34-40(29-32-53(47)56(52)39-19-8-5-9-20-39)55(38-17-6-4-7-18-38)41-28-30-45-44-23-12-15-26-50(44)54(51(45)35-41)48-24-13-10-21-42(48)43-22-11-14-25-49(43)54/h4-15,17-36H,3,16H2,1-2H3. The molecule has 0 aliphatic heterocycles. The summed E-state index contributed by atoms with van der Waals surface area (Å²) in [6, 6.07) is 70.3. The second-order valence-corrected chi connectivity index (χ2v) is 15.6. The number of anilines is 3. The molecule has 1 aromatic heterocycles. The maximum Gasteiger partial charge on any atom is 0.0726 e. The maximum atomic E-state index is 2.49. The molecule has 0 saturated heterocycles. The smallest absolute Gasteiger partial charge is 0.0726 e. The van der Waals surface area contributed by atoms with Crippen molar-refractivity contribution in [2.45, 2.75) is 38.0 Å². The van der Waals surface area contributed by atoms with Crippen molar-refractivity contribution >= 4 is 38.9 Å². The van der Waals surface area contributed by atoms with E-state index in [0.29, 0.717) is 5.92 Å². The van der Waals surface area contributed by atoms with Crippen LogP contribution in [-0.2, 0) is 5.41 Å². The summed E-state index contributed by atoms with van der Waals surface area (Å²) in [5.74, 6) is 0.497. The second kappa shape index (κ2) is 12.7. The Bertz CT molecular complexity index is 2890. The third-order valence-corrected chi connectivity index (χ3v) is 12.6. The van der Waals surface area contributed by atoms with E-state index in [4.69, 9.17) is 0 Å². The van der Waals surface area contributed by atoms with Gasteiger partial charge in [-0.25, -0.2) is 0 Å². The van der Waals surface area contributed by atoms with Gasteiger partial charge < -0.3 is 9.47 Å². The number of fused-ring (bicyclic) bond motifs is 13. The van der Waals surface area contributed by atoms with E-state index >= 15 is 0 Å². The zero-order valence-corrected chi connectivity index (χ0v) is 31.8. The Morgan fingerprint density at radius 1 is 0.464 bits per heavy atom. The van der Waals surface area contributed by atoms with Crippen LogP contribution in [0.2, 0.25) is 0 Å². The fourth-order valence-corrected chi connectivity index (χ4v) is 10.2. The molecule has 1 unspecified atom stereocenters. The largest absolute Gasteiger partial charge is 0.310 e. The average molecular weight is 719 g/mol. The minimum Gasteiger partial charge on any atom is -0.310 e. The predicted octanol–water partition coefficient (Wildman–Crippen LogP) is 14.5. The van der Waals surface area contributed by atoms with Crippen molar-refractivity contribution in [2.75, 3.05) is 4.90 Å². The lowest BCUT2D eigenvalue weighted by molar-refractivity contribution is 0.665. The Kier molecular flexibility index (Phi) is 7.44. The van der Waals surface area contributed by atoms with Gasteiger partial charge >= 0.3 is 0 Å². The first kappa shape index (κ1) is 32.8. The summed E-state index contributed by atoms with van der Waals surface area (Å²) in [7, 11) is 0. The summed E-state index contributed by atoms with van der Waals surface area (Å²) in [5.41, 5.74) is 18.7. The summed E-state index contributed by atoms with van der Waals surface area (Å²) in [6.07, 6.45) is 2.35. The molecular formula is C54H42N2. The molecule has 0 bridgehead atoms. The van der Waals surface area contributed by atoms with Gasteiger partial charge in [0.05, 0.1) is 16.4 Å². The number of rotatable bonds is 7. The fourth-order valence-electron chi connectivity index (χ4n) is 10.2. The first-order valence-electron chi connectivity index (χ1n) is 20.1. The number of hydrogen-bond donors (Lipinski definition) is 0. The molecular weight excluding hydrogens is 677 g/mol. The summed E-state index contributed by atoms with van der Waals surface area (Å²) in [5, 5.41) is 2.55. The number of benzene rings is 8. The van der Waals surface area contributed by atoms with E-state index in [1.54, 1.807) is 0 Å². The fraction of sp³-hybridized carbons (Fsp3) is 0.111. The second-order valence-electron chi connectivity index (χ2n) is 15.6. The van der Waals surface area contributed by atoms with Crippen LogP contribution in [0.5, 0.6) is 0 Å². The van der Waals surface area contributed by atoms with Gasteiger partial charge in [0.2, 0.25) is 0 Å². The summed E-state index contributed by atoms with van der Waals surface area (Å²) in [4.78, 5) is 2.46. The van der Waals surface area contributed by atoms with Gasteiger partial charge in [-0.05, 0) is 129 Å². The van der Waals surface area contributed by atoms with Gasteiger partial charge in [0.15, 0.2) is 0 Å². The Hall–Kier alpha value is -6.64. The van der Waals surface area contributed by atoms with Gasteiger partial charge in [-0.3, -0.25) is 0 Å². The average Bonchev–Trinajstić information content (AvgIpc) is 3.86. The molecule has 0 fully saturated rings. The van der Waals surface area contributed by atoms with Crippen molar-refractivity contribution in [1.29, 1.82) is 0 Å². The molecule has 56 heavy (non-hydrogen) atoms. The van der Waals surface area contributed by atoms with E-state index in [2.05, 4.69) is 211 Å². The van der Waals surface area contributed by atoms with Gasteiger partial charge in [-0.1, -0.05) is 142 Å². The Labute approximate surface area is 328 Å². The number of aromatic nitrogens is 1. The van der Waals surface area contributed by atoms with Crippen molar-refractivity contribution in [2.24, 2.45) is 0 Å². The van der Waals surface area contributed by atoms with E-state index in [-0.39, 0.29) is 0 Å². The molecule has 9 aromatic rings. The zero-order valence-electron chi connectivity index (χ0n) is 31.8. The highest BCUT2D eigenvalue weighted by molar-refractivity contribution is 6.11. The zero-order chi connectivity index (χ0) is 37.4. The SMILES string of the molecule is CCCC(C)c1ccc2c(c1)c1cc(N(c3ccccc3)c3ccc4c(c3)C3(c5ccccc5-c5ccccc53)c3ccccc3-4)ccc1n2-c1ccccc1. The molecule has 1 spiro atoms. The molecule has 0 amide bonds. The molecule has 2 aliphatic carbocycles. The van der Waals surface area contributed by atoms with Crippen molar-refractivity contribution in [1.82, 2.24) is 4.57 Å². The van der Waals surface area contributed by atoms with E-state index < -0.39 is 5.41 Å². The molecule has 2 aliphatic rings. The van der Waals surface area contributed by atoms with Crippen LogP contribution in [0.4, 0.5) is 17.1 Å². The van der Waals surface area contributed by atoms with Gasteiger partial charge in [0.25, 0.3) is 0 Å². The molecule has 2 nitrogen and oxygen atoms in total. The van der Waals surface area contributed by atoms with Crippen molar-refractivity contribution in [3.63, 3.8) is 0 Å². The predicted molar refractivity (Wildman–Crippen MR) is 235 cm³/mol. The number of nitrogens with zero attached hydrogens (tertiary/aromatic N) is 2. The molecule has 268 valence electrons. The lowest BCUT2D eigenvalue weighted by Gasteiger charge is -2.32. The van der Waals surface area contributed by atoms with E-state index in [0.717, 1.165) is 17.1 Å². The monoisotopic (exact) mass is 718 g/mol. The van der Waals surface area contributed by atoms with Gasteiger partial charge in [0, 0.05) is 33.5 Å². The molecule has 1 heterocycles. The highest BCUT2D eigenvalue weighted by atomic mass is 15.1. The molecule has 8 aromatic carbocycles. The van der Waals surface area contributed by atoms with Crippen molar-refractivity contribution in [3.8, 4) is 27.9 Å². The first-order valence-corrected chi connectivity index (χ1v) is 20.1. The topological polar surface area (TPSA) is 8.17 Å². The lowest BCUT2D eigenvalue weighted by atomic mass is 9.70. The minimum absolute atomic E-state index is 0.407. The van der Waals surface area contributed by atoms with Crippen LogP contribution in [0, 0.1) is 0 Å². The van der Waals surface area contributed by atoms with Crippen LogP contribution in [0.3, 0.4) is 0 Å². The van der Waals surface area contributed by atoms with Gasteiger partial charge in [-0.2, -0.15) is 0 Å². The van der Waals surface area contributed by atoms with Crippen LogP contribution in [0.25, 0.3) is 49.7 Å². The highest BCUT2D eigenvalue weighted by Crippen LogP contribution is 2.63. The van der Waals surface area contributed by atoms with Crippen LogP contribution in [0.15, 0.2) is 188 Å². The minimum atomic E-state index is -0.407. The van der Waals surface area contributed by atoms with Crippen LogP contribution in [-0.4, -0.2) is 4.57 Å². The molecule has 11 rings (SSSR count). The molecule has 1 atom stereocenters. The van der Waals surface area contributed by atoms with E-state index in [9.17, 15) is 0 Å². The Balaban J connectivity index is 1.16. The summed E-state index contributed by atoms with van der Waals surface area (Å²) < 4.78 is 2.43. The van der Waals surface area contributed by atoms with Gasteiger partial charge in [0.1, 0.15) is 0 Å². The van der Waals surface area contributed by atoms with Gasteiger partial charge in [-0.15, -0.1) is 0 Å². The Morgan fingerprint density at radius 3 is 1.59 bits per heavy atom. The summed E-state index contributed by atoms with van der Waals surface area (Å²) >= 11 is 0. The maximum absolute atomic E-state index is 2.49. The lowest BCUT2D eigenvalue weighted by Crippen LogP contribution is -2.26. The molecule has 0 saturated carbocycles. The highest BCUT2D eigenvalue weighted by Gasteiger charge is 2.51.